The molecule has 2 heterocycles. The van der Waals surface area contributed by atoms with Crippen molar-refractivity contribution in [3.05, 3.63) is 17.8 Å². The van der Waals surface area contributed by atoms with Crippen LogP contribution in [0.3, 0.4) is 0 Å². The number of hydrogen-bond donors (Lipinski definition) is 1. The van der Waals surface area contributed by atoms with Gasteiger partial charge in [-0.25, -0.2) is 9.97 Å². The van der Waals surface area contributed by atoms with Crippen molar-refractivity contribution >= 4 is 23.0 Å². The number of carbonyl (C=O) groups is 1. The highest BCUT2D eigenvalue weighted by atomic mass is 19.4. The van der Waals surface area contributed by atoms with Crippen LogP contribution in [0, 0.1) is 0 Å². The van der Waals surface area contributed by atoms with Crippen LogP contribution < -0.4 is 5.32 Å². The lowest BCUT2D eigenvalue weighted by molar-refractivity contribution is -0.141. The van der Waals surface area contributed by atoms with Gasteiger partial charge in [-0.05, 0) is 44.2 Å². The zero-order chi connectivity index (χ0) is 19.7. The van der Waals surface area contributed by atoms with Gasteiger partial charge in [0.25, 0.3) is 0 Å². The minimum atomic E-state index is -4.52. The van der Waals surface area contributed by atoms with Gasteiger partial charge in [0.15, 0.2) is 5.65 Å². The molecule has 152 valence electrons. The zero-order valence-electron chi connectivity index (χ0n) is 15.5. The molecule has 0 saturated heterocycles. The lowest BCUT2D eigenvalue weighted by Crippen LogP contribution is -2.23. The first kappa shape index (κ1) is 19.2. The molecular weight excluding hydrogens is 373 g/mol. The van der Waals surface area contributed by atoms with Gasteiger partial charge in [-0.1, -0.05) is 12.8 Å². The molecule has 2 aromatic heterocycles. The number of aromatic nitrogens is 3. The summed E-state index contributed by atoms with van der Waals surface area (Å²) in [5.74, 6) is 0.00214. The molecule has 0 aliphatic heterocycles. The highest BCUT2D eigenvalue weighted by Crippen LogP contribution is 2.38. The summed E-state index contributed by atoms with van der Waals surface area (Å²) in [4.78, 5) is 20.4. The lowest BCUT2D eigenvalue weighted by Gasteiger charge is -2.28. The largest absolute Gasteiger partial charge is 0.433 e. The molecule has 6 nitrogen and oxygen atoms in total. The van der Waals surface area contributed by atoms with Crippen LogP contribution in [0.15, 0.2) is 12.1 Å². The molecule has 0 atom stereocenters. The molecule has 4 rings (SSSR count). The first-order valence-corrected chi connectivity index (χ1v) is 9.79. The van der Waals surface area contributed by atoms with E-state index in [1.165, 1.54) is 6.07 Å². The van der Waals surface area contributed by atoms with Crippen LogP contribution in [0.4, 0.5) is 19.1 Å². The number of hydrogen-bond acceptors (Lipinski definition) is 4. The molecule has 0 unspecified atom stereocenters. The van der Waals surface area contributed by atoms with Gasteiger partial charge in [0.2, 0.25) is 11.9 Å². The number of carbonyl (C=O) groups excluding carboxylic acids is 1. The van der Waals surface area contributed by atoms with E-state index < -0.39 is 11.9 Å². The first-order chi connectivity index (χ1) is 13.4. The van der Waals surface area contributed by atoms with E-state index in [4.69, 9.17) is 4.74 Å². The smallest absolute Gasteiger partial charge is 0.378 e. The number of fused-ring (bicyclic) bond motifs is 1. The molecule has 2 aliphatic rings. The topological polar surface area (TPSA) is 69.0 Å². The van der Waals surface area contributed by atoms with Gasteiger partial charge in [0.05, 0.1) is 19.1 Å². The van der Waals surface area contributed by atoms with Crippen LogP contribution in [-0.4, -0.2) is 33.2 Å². The Hall–Kier alpha value is -2.16. The zero-order valence-corrected chi connectivity index (χ0v) is 15.5. The van der Waals surface area contributed by atoms with Crippen molar-refractivity contribution in [3.8, 4) is 0 Å². The second-order valence-corrected chi connectivity index (χ2v) is 7.50. The fourth-order valence-electron chi connectivity index (χ4n) is 3.77. The number of anilines is 1. The lowest BCUT2D eigenvalue weighted by atomic mass is 9.93. The van der Waals surface area contributed by atoms with E-state index in [9.17, 15) is 18.0 Å². The molecule has 2 saturated carbocycles. The highest BCUT2D eigenvalue weighted by molar-refractivity contribution is 5.91. The van der Waals surface area contributed by atoms with Crippen molar-refractivity contribution in [2.24, 2.45) is 0 Å². The van der Waals surface area contributed by atoms with Gasteiger partial charge >= 0.3 is 6.18 Å². The number of imidazole rings is 1. The van der Waals surface area contributed by atoms with E-state index >= 15 is 0 Å². The van der Waals surface area contributed by atoms with Crippen molar-refractivity contribution < 1.29 is 22.7 Å². The van der Waals surface area contributed by atoms with Gasteiger partial charge in [-0.3, -0.25) is 14.7 Å². The summed E-state index contributed by atoms with van der Waals surface area (Å²) < 4.78 is 46.5. The Labute approximate surface area is 160 Å². The Morgan fingerprint density at radius 3 is 2.54 bits per heavy atom. The first-order valence-electron chi connectivity index (χ1n) is 9.79. The van der Waals surface area contributed by atoms with E-state index in [2.05, 4.69) is 15.3 Å². The Kier molecular flexibility index (Phi) is 5.27. The van der Waals surface area contributed by atoms with Gasteiger partial charge in [0.1, 0.15) is 11.2 Å². The number of rotatable bonds is 6. The Balaban J connectivity index is 1.51. The average Bonchev–Trinajstić information content (AvgIpc) is 3.21. The quantitative estimate of drug-likeness (QED) is 0.783. The fourth-order valence-corrected chi connectivity index (χ4v) is 3.77. The Morgan fingerprint density at radius 2 is 1.89 bits per heavy atom. The molecule has 0 radical (unpaired) electrons. The van der Waals surface area contributed by atoms with Crippen LogP contribution in [0.25, 0.3) is 11.2 Å². The molecule has 2 fully saturated rings. The number of alkyl halides is 3. The third-order valence-electron chi connectivity index (χ3n) is 5.50. The van der Waals surface area contributed by atoms with E-state index in [-0.39, 0.29) is 36.1 Å². The van der Waals surface area contributed by atoms with Crippen molar-refractivity contribution in [1.82, 2.24) is 14.5 Å². The maximum Gasteiger partial charge on any atom is 0.433 e. The van der Waals surface area contributed by atoms with E-state index in [0.717, 1.165) is 51.0 Å². The van der Waals surface area contributed by atoms with Crippen molar-refractivity contribution in [3.63, 3.8) is 0 Å². The number of pyridine rings is 1. The van der Waals surface area contributed by atoms with Gasteiger partial charge in [0, 0.05) is 6.04 Å². The van der Waals surface area contributed by atoms with Crippen LogP contribution in [0.5, 0.6) is 0 Å². The van der Waals surface area contributed by atoms with Gasteiger partial charge in [-0.2, -0.15) is 13.2 Å². The normalized spacial score (nSPS) is 18.5. The summed E-state index contributed by atoms with van der Waals surface area (Å²) in [6, 6.07) is 2.23. The summed E-state index contributed by atoms with van der Waals surface area (Å²) in [5, 5.41) is 2.74. The molecule has 9 heteroatoms. The molecular formula is C19H23F3N4O2. The number of ether oxygens (including phenoxy) is 1. The minimum Gasteiger partial charge on any atom is -0.378 e. The van der Waals surface area contributed by atoms with Crippen LogP contribution in [-0.2, 0) is 15.7 Å². The monoisotopic (exact) mass is 396 g/mol. The Bertz CT molecular complexity index is 855. The van der Waals surface area contributed by atoms with Gasteiger partial charge in [-0.15, -0.1) is 0 Å². The fraction of sp³-hybridized carbons (Fsp3) is 0.632. The predicted octanol–water partition coefficient (Wildman–Crippen LogP) is 4.46. The second-order valence-electron chi connectivity index (χ2n) is 7.50. The van der Waals surface area contributed by atoms with Crippen molar-refractivity contribution in [2.75, 3.05) is 11.9 Å². The summed E-state index contributed by atoms with van der Waals surface area (Å²) in [6.07, 6.45) is 2.94. The third kappa shape index (κ3) is 3.99. The molecule has 1 amide bonds. The number of nitrogens with one attached hydrogen (secondary N) is 1. The standard InChI is InChI=1S/C19H23F3N4O2/c20-19(21,22)15-9-8-14-17(24-15)26(12-4-3-5-12)18(23-14)25-16(27)10-11-28-13-6-1-2-7-13/h8-9,12-13H,1-7,10-11H2,(H,23,25,27). The summed E-state index contributed by atoms with van der Waals surface area (Å²) in [6.45, 7) is 0.330. The van der Waals surface area contributed by atoms with Crippen molar-refractivity contribution in [2.45, 2.75) is 69.7 Å². The molecule has 0 aromatic carbocycles. The molecule has 2 aliphatic carbocycles. The molecule has 0 bridgehead atoms. The van der Waals surface area contributed by atoms with Crippen LogP contribution in [0.2, 0.25) is 0 Å². The van der Waals surface area contributed by atoms with Crippen LogP contribution >= 0.6 is 0 Å². The summed E-state index contributed by atoms with van der Waals surface area (Å²) >= 11 is 0. The number of nitrogens with zero attached hydrogens (tertiary/aromatic N) is 3. The van der Waals surface area contributed by atoms with Gasteiger partial charge < -0.3 is 4.74 Å². The average molecular weight is 396 g/mol. The molecule has 28 heavy (non-hydrogen) atoms. The number of halogens is 3. The number of amides is 1. The molecule has 1 N–H and O–H groups in total. The minimum absolute atomic E-state index is 0.00558. The maximum atomic E-state index is 13.1. The highest BCUT2D eigenvalue weighted by Gasteiger charge is 2.34. The van der Waals surface area contributed by atoms with Crippen molar-refractivity contribution in [1.29, 1.82) is 0 Å². The van der Waals surface area contributed by atoms with E-state index in [0.29, 0.717) is 12.1 Å². The Morgan fingerprint density at radius 1 is 1.14 bits per heavy atom. The molecule has 2 aromatic rings. The van der Waals surface area contributed by atoms with E-state index in [1.807, 2.05) is 0 Å². The third-order valence-corrected chi connectivity index (χ3v) is 5.50. The molecule has 0 spiro atoms. The summed E-state index contributed by atoms with van der Waals surface area (Å²) in [5.41, 5.74) is -0.447. The maximum absolute atomic E-state index is 13.1. The van der Waals surface area contributed by atoms with Crippen LogP contribution in [0.1, 0.15) is 63.1 Å². The second kappa shape index (κ2) is 7.69. The predicted molar refractivity (Wildman–Crippen MR) is 96.9 cm³/mol. The summed E-state index contributed by atoms with van der Waals surface area (Å²) in [7, 11) is 0. The SMILES string of the molecule is O=C(CCOC1CCCC1)Nc1nc2ccc(C(F)(F)F)nc2n1C1CCC1. The van der Waals surface area contributed by atoms with E-state index in [1.54, 1.807) is 4.57 Å².